The number of nitrogens with one attached hydrogen (secondary N) is 2. The topological polar surface area (TPSA) is 83.0 Å². The SMILES string of the molecule is CN=C(NCC1CCN(S(C)(=O)=O)CC1)NCC1CCOC1.I. The van der Waals surface area contributed by atoms with Crippen LogP contribution in [0, 0.1) is 11.8 Å². The number of halogens is 1. The lowest BCUT2D eigenvalue weighted by Crippen LogP contribution is -2.44. The van der Waals surface area contributed by atoms with Crippen LogP contribution in [0.5, 0.6) is 0 Å². The Hall–Kier alpha value is -0.130. The maximum atomic E-state index is 11.5. The van der Waals surface area contributed by atoms with Gasteiger partial charge in [-0.1, -0.05) is 0 Å². The minimum atomic E-state index is -3.04. The molecule has 1 unspecified atom stereocenters. The number of aliphatic imine (C=N–C) groups is 1. The van der Waals surface area contributed by atoms with E-state index in [1.54, 1.807) is 11.4 Å². The van der Waals surface area contributed by atoms with Crippen LogP contribution in [0.1, 0.15) is 19.3 Å². The summed E-state index contributed by atoms with van der Waals surface area (Å²) >= 11 is 0. The molecule has 2 heterocycles. The van der Waals surface area contributed by atoms with Crippen molar-refractivity contribution in [3.63, 3.8) is 0 Å². The van der Waals surface area contributed by atoms with Crippen LogP contribution in [0.25, 0.3) is 0 Å². The van der Waals surface area contributed by atoms with Crippen molar-refractivity contribution in [2.75, 3.05) is 52.7 Å². The van der Waals surface area contributed by atoms with Crippen LogP contribution < -0.4 is 10.6 Å². The van der Waals surface area contributed by atoms with Crippen LogP contribution in [-0.2, 0) is 14.8 Å². The van der Waals surface area contributed by atoms with Crippen molar-refractivity contribution < 1.29 is 13.2 Å². The van der Waals surface area contributed by atoms with E-state index in [1.807, 2.05) is 0 Å². The number of guanidine groups is 1. The van der Waals surface area contributed by atoms with Gasteiger partial charge in [0.05, 0.1) is 12.9 Å². The Bertz CT molecular complexity index is 472. The number of piperidine rings is 1. The van der Waals surface area contributed by atoms with Gasteiger partial charge in [0, 0.05) is 45.8 Å². The molecule has 0 saturated carbocycles. The second-order valence-electron chi connectivity index (χ2n) is 6.17. The van der Waals surface area contributed by atoms with Gasteiger partial charge in [-0.05, 0) is 25.2 Å². The molecule has 0 spiro atoms. The van der Waals surface area contributed by atoms with Gasteiger partial charge >= 0.3 is 0 Å². The summed E-state index contributed by atoms with van der Waals surface area (Å²) in [5, 5.41) is 6.68. The molecule has 0 amide bonds. The summed E-state index contributed by atoms with van der Waals surface area (Å²) in [6.07, 6.45) is 4.18. The first-order valence-electron chi connectivity index (χ1n) is 7.96. The van der Waals surface area contributed by atoms with Crippen LogP contribution in [0.15, 0.2) is 4.99 Å². The lowest BCUT2D eigenvalue weighted by molar-refractivity contribution is 0.186. The van der Waals surface area contributed by atoms with Crippen LogP contribution in [-0.4, -0.2) is 71.4 Å². The fraction of sp³-hybridized carbons (Fsp3) is 0.929. The van der Waals surface area contributed by atoms with Crippen molar-refractivity contribution in [1.82, 2.24) is 14.9 Å². The molecule has 23 heavy (non-hydrogen) atoms. The van der Waals surface area contributed by atoms with E-state index in [2.05, 4.69) is 15.6 Å². The molecule has 136 valence electrons. The van der Waals surface area contributed by atoms with Crippen LogP contribution >= 0.6 is 24.0 Å². The summed E-state index contributed by atoms with van der Waals surface area (Å²) in [6, 6.07) is 0. The van der Waals surface area contributed by atoms with E-state index < -0.39 is 10.0 Å². The summed E-state index contributed by atoms with van der Waals surface area (Å²) in [6.45, 7) is 4.64. The quantitative estimate of drug-likeness (QED) is 0.354. The lowest BCUT2D eigenvalue weighted by atomic mass is 9.98. The first-order chi connectivity index (χ1) is 10.5. The molecular weight excluding hydrogens is 431 g/mol. The van der Waals surface area contributed by atoms with E-state index in [1.165, 1.54) is 6.26 Å². The fourth-order valence-electron chi connectivity index (χ4n) is 2.89. The summed E-state index contributed by atoms with van der Waals surface area (Å²) < 4.78 is 29.9. The van der Waals surface area contributed by atoms with E-state index in [9.17, 15) is 8.42 Å². The molecule has 2 N–H and O–H groups in total. The van der Waals surface area contributed by atoms with Crippen molar-refractivity contribution in [3.8, 4) is 0 Å². The monoisotopic (exact) mass is 460 g/mol. The smallest absolute Gasteiger partial charge is 0.211 e. The molecule has 7 nitrogen and oxygen atoms in total. The molecule has 1 atom stereocenters. The molecular formula is C14H29IN4O3S. The van der Waals surface area contributed by atoms with E-state index in [0.717, 1.165) is 51.5 Å². The summed E-state index contributed by atoms with van der Waals surface area (Å²) in [5.41, 5.74) is 0. The third kappa shape index (κ3) is 7.10. The number of ether oxygens (including phenoxy) is 1. The fourth-order valence-corrected chi connectivity index (χ4v) is 3.77. The highest BCUT2D eigenvalue weighted by atomic mass is 127. The first kappa shape index (κ1) is 20.9. The lowest BCUT2D eigenvalue weighted by Gasteiger charge is -2.30. The Labute approximate surface area is 156 Å². The molecule has 2 fully saturated rings. The largest absolute Gasteiger partial charge is 0.381 e. The molecule has 0 bridgehead atoms. The van der Waals surface area contributed by atoms with Gasteiger partial charge < -0.3 is 15.4 Å². The molecule has 0 aromatic carbocycles. The number of sulfonamides is 1. The highest BCUT2D eigenvalue weighted by Crippen LogP contribution is 2.18. The van der Waals surface area contributed by atoms with Gasteiger partial charge in [-0.3, -0.25) is 4.99 Å². The Morgan fingerprint density at radius 3 is 2.26 bits per heavy atom. The van der Waals surface area contributed by atoms with Crippen LogP contribution in [0.2, 0.25) is 0 Å². The normalized spacial score (nSPS) is 24.3. The van der Waals surface area contributed by atoms with E-state index in [0.29, 0.717) is 24.9 Å². The minimum absolute atomic E-state index is 0. The van der Waals surface area contributed by atoms with Gasteiger partial charge in [0.2, 0.25) is 10.0 Å². The van der Waals surface area contributed by atoms with E-state index in [-0.39, 0.29) is 24.0 Å². The van der Waals surface area contributed by atoms with Crippen molar-refractivity contribution >= 4 is 40.0 Å². The maximum absolute atomic E-state index is 11.5. The average Bonchev–Trinajstić information content (AvgIpc) is 3.00. The van der Waals surface area contributed by atoms with Gasteiger partial charge in [0.25, 0.3) is 0 Å². The summed E-state index contributed by atoms with van der Waals surface area (Å²) in [4.78, 5) is 4.23. The number of rotatable bonds is 5. The highest BCUT2D eigenvalue weighted by Gasteiger charge is 2.25. The first-order valence-corrected chi connectivity index (χ1v) is 9.81. The molecule has 2 aliphatic heterocycles. The second-order valence-corrected chi connectivity index (χ2v) is 8.15. The number of hydrogen-bond acceptors (Lipinski definition) is 4. The zero-order valence-corrected chi connectivity index (χ0v) is 17.1. The zero-order chi connectivity index (χ0) is 16.0. The van der Waals surface area contributed by atoms with Gasteiger partial charge in [-0.2, -0.15) is 0 Å². The standard InChI is InChI=1S/C14H28N4O3S.HI/c1-15-14(17-10-13-5-8-21-11-13)16-9-12-3-6-18(7-4-12)22(2,19)20;/h12-13H,3-11H2,1-2H3,(H2,15,16,17);1H. The molecule has 9 heteroatoms. The Kier molecular flexibility index (Phi) is 9.09. The highest BCUT2D eigenvalue weighted by molar-refractivity contribution is 14.0. The van der Waals surface area contributed by atoms with E-state index >= 15 is 0 Å². The van der Waals surface area contributed by atoms with Crippen molar-refractivity contribution in [1.29, 1.82) is 0 Å². The van der Waals surface area contributed by atoms with Gasteiger partial charge in [0.1, 0.15) is 0 Å². The summed E-state index contributed by atoms with van der Waals surface area (Å²) in [7, 11) is -1.27. The third-order valence-electron chi connectivity index (χ3n) is 4.41. The molecule has 2 rings (SSSR count). The Morgan fingerprint density at radius 1 is 1.17 bits per heavy atom. The van der Waals surface area contributed by atoms with Gasteiger partial charge in [-0.25, -0.2) is 12.7 Å². The molecule has 0 radical (unpaired) electrons. The van der Waals surface area contributed by atoms with Crippen LogP contribution in [0.4, 0.5) is 0 Å². The predicted octanol–water partition coefficient (Wildman–Crippen LogP) is 0.478. The third-order valence-corrected chi connectivity index (χ3v) is 5.71. The van der Waals surface area contributed by atoms with Crippen molar-refractivity contribution in [3.05, 3.63) is 0 Å². The molecule has 0 aromatic heterocycles. The predicted molar refractivity (Wildman–Crippen MR) is 103 cm³/mol. The Morgan fingerprint density at radius 2 is 1.78 bits per heavy atom. The maximum Gasteiger partial charge on any atom is 0.211 e. The Balaban J connectivity index is 0.00000264. The number of nitrogens with zero attached hydrogens (tertiary/aromatic N) is 2. The van der Waals surface area contributed by atoms with Crippen molar-refractivity contribution in [2.24, 2.45) is 16.8 Å². The molecule has 0 aliphatic carbocycles. The van der Waals surface area contributed by atoms with Crippen LogP contribution in [0.3, 0.4) is 0 Å². The van der Waals surface area contributed by atoms with E-state index in [4.69, 9.17) is 4.74 Å². The molecule has 0 aromatic rings. The molecule has 2 saturated heterocycles. The van der Waals surface area contributed by atoms with Gasteiger partial charge in [-0.15, -0.1) is 24.0 Å². The average molecular weight is 460 g/mol. The summed E-state index contributed by atoms with van der Waals surface area (Å²) in [5.74, 6) is 1.88. The number of hydrogen-bond donors (Lipinski definition) is 2. The second kappa shape index (κ2) is 10.00. The zero-order valence-electron chi connectivity index (χ0n) is 14.0. The van der Waals surface area contributed by atoms with Crippen molar-refractivity contribution in [2.45, 2.75) is 19.3 Å². The minimum Gasteiger partial charge on any atom is -0.381 e. The van der Waals surface area contributed by atoms with Gasteiger partial charge in [0.15, 0.2) is 5.96 Å². The molecule has 2 aliphatic rings.